The molecule has 0 amide bonds. The van der Waals surface area contributed by atoms with Crippen LogP contribution in [-0.2, 0) is 0 Å². The summed E-state index contributed by atoms with van der Waals surface area (Å²) in [6.45, 7) is 2.29. The highest BCUT2D eigenvalue weighted by molar-refractivity contribution is 5.93. The van der Waals surface area contributed by atoms with Crippen molar-refractivity contribution in [3.63, 3.8) is 0 Å². The fraction of sp³-hybridized carbons (Fsp3) is 0.381. The zero-order valence-electron chi connectivity index (χ0n) is 16.8. The van der Waals surface area contributed by atoms with Gasteiger partial charge in [-0.2, -0.15) is 0 Å². The average Bonchev–Trinajstić information content (AvgIpc) is 3.21. The van der Waals surface area contributed by atoms with Crippen molar-refractivity contribution >= 4 is 17.3 Å². The normalized spacial score (nSPS) is 16.7. The summed E-state index contributed by atoms with van der Waals surface area (Å²) in [6, 6.07) is 9.59. The maximum absolute atomic E-state index is 13.5. The minimum atomic E-state index is -0.823. The summed E-state index contributed by atoms with van der Waals surface area (Å²) < 4.78 is 37.2. The van der Waals surface area contributed by atoms with E-state index in [1.807, 2.05) is 18.2 Å². The molecule has 1 aliphatic heterocycles. The number of ether oxygens (including phenoxy) is 2. The van der Waals surface area contributed by atoms with E-state index in [4.69, 9.17) is 9.47 Å². The Kier molecular flexibility index (Phi) is 6.74. The predicted octanol–water partition coefficient (Wildman–Crippen LogP) is 3.50. The van der Waals surface area contributed by atoms with Crippen LogP contribution >= 0.6 is 0 Å². The van der Waals surface area contributed by atoms with Crippen LogP contribution in [-0.4, -0.2) is 46.9 Å². The number of rotatable bonds is 6. The number of benzene rings is 2. The first-order chi connectivity index (χ1) is 14.0. The van der Waals surface area contributed by atoms with Gasteiger partial charge < -0.3 is 25.0 Å². The Morgan fingerprint density at radius 1 is 1.10 bits per heavy atom. The molecule has 29 heavy (non-hydrogen) atoms. The van der Waals surface area contributed by atoms with Crippen LogP contribution in [0, 0.1) is 17.6 Å². The first-order valence-corrected chi connectivity index (χ1v) is 9.43. The number of aliphatic imine (C=N–C) groups is 1. The lowest BCUT2D eigenvalue weighted by Crippen LogP contribution is -2.35. The molecule has 0 spiro atoms. The number of hydrogen-bond acceptors (Lipinski definition) is 4. The van der Waals surface area contributed by atoms with Crippen molar-refractivity contribution in [3.05, 3.63) is 48.0 Å². The Morgan fingerprint density at radius 2 is 1.90 bits per heavy atom. The summed E-state index contributed by atoms with van der Waals surface area (Å²) in [5, 5.41) is 6.56. The van der Waals surface area contributed by atoms with Gasteiger partial charge in [-0.1, -0.05) is 0 Å². The third-order valence-electron chi connectivity index (χ3n) is 4.98. The molecule has 1 fully saturated rings. The molecule has 2 aromatic rings. The van der Waals surface area contributed by atoms with Gasteiger partial charge in [0.05, 0.1) is 14.2 Å². The molecule has 0 aromatic heterocycles. The van der Waals surface area contributed by atoms with E-state index in [9.17, 15) is 8.78 Å². The number of hydrogen-bond donors (Lipinski definition) is 2. The molecule has 1 heterocycles. The van der Waals surface area contributed by atoms with Crippen LogP contribution < -0.4 is 25.0 Å². The zero-order chi connectivity index (χ0) is 20.8. The molecular formula is C21H26F2N4O2. The lowest BCUT2D eigenvalue weighted by Gasteiger charge is -2.20. The van der Waals surface area contributed by atoms with Crippen LogP contribution in [0.25, 0.3) is 0 Å². The second-order valence-corrected chi connectivity index (χ2v) is 6.85. The van der Waals surface area contributed by atoms with Gasteiger partial charge in [0.2, 0.25) is 0 Å². The first kappa shape index (κ1) is 20.7. The summed E-state index contributed by atoms with van der Waals surface area (Å²) in [5.41, 5.74) is 1.53. The lowest BCUT2D eigenvalue weighted by molar-refractivity contribution is 0.355. The fourth-order valence-electron chi connectivity index (χ4n) is 3.39. The summed E-state index contributed by atoms with van der Waals surface area (Å²) in [4.78, 5) is 6.33. The predicted molar refractivity (Wildman–Crippen MR) is 111 cm³/mol. The van der Waals surface area contributed by atoms with E-state index in [1.165, 1.54) is 12.1 Å². The molecule has 2 N–H and O–H groups in total. The van der Waals surface area contributed by atoms with Crippen LogP contribution in [0.15, 0.2) is 41.4 Å². The van der Waals surface area contributed by atoms with Crippen LogP contribution in [0.4, 0.5) is 20.2 Å². The highest BCUT2D eigenvalue weighted by atomic mass is 19.2. The SMILES string of the molecule is CN=C(NCC1CCN(c2ccc(F)c(F)c2)C1)Nc1ccc(OC)c(OC)c1. The van der Waals surface area contributed by atoms with Crippen molar-refractivity contribution < 1.29 is 18.3 Å². The number of methoxy groups -OCH3 is 2. The average molecular weight is 404 g/mol. The van der Waals surface area contributed by atoms with Gasteiger partial charge in [-0.05, 0) is 36.6 Å². The molecule has 0 radical (unpaired) electrons. The van der Waals surface area contributed by atoms with Gasteiger partial charge in [0.1, 0.15) is 0 Å². The van der Waals surface area contributed by atoms with E-state index in [0.717, 1.165) is 25.2 Å². The van der Waals surface area contributed by atoms with Crippen LogP contribution in [0.5, 0.6) is 11.5 Å². The molecule has 3 rings (SSSR count). The van der Waals surface area contributed by atoms with Gasteiger partial charge in [-0.3, -0.25) is 4.99 Å². The van der Waals surface area contributed by atoms with E-state index in [1.54, 1.807) is 27.3 Å². The van der Waals surface area contributed by atoms with Crippen molar-refractivity contribution in [2.45, 2.75) is 6.42 Å². The Morgan fingerprint density at radius 3 is 2.59 bits per heavy atom. The van der Waals surface area contributed by atoms with Crippen LogP contribution in [0.3, 0.4) is 0 Å². The van der Waals surface area contributed by atoms with Crippen molar-refractivity contribution in [2.75, 3.05) is 51.1 Å². The second-order valence-electron chi connectivity index (χ2n) is 6.85. The fourth-order valence-corrected chi connectivity index (χ4v) is 3.39. The summed E-state index contributed by atoms with van der Waals surface area (Å²) >= 11 is 0. The van der Waals surface area contributed by atoms with Crippen LogP contribution in [0.1, 0.15) is 6.42 Å². The second kappa shape index (κ2) is 9.45. The molecule has 2 aromatic carbocycles. The van der Waals surface area contributed by atoms with Crippen LogP contribution in [0.2, 0.25) is 0 Å². The number of nitrogens with one attached hydrogen (secondary N) is 2. The quantitative estimate of drug-likeness (QED) is 0.570. The molecule has 1 saturated heterocycles. The Labute approximate surface area is 169 Å². The highest BCUT2D eigenvalue weighted by Crippen LogP contribution is 2.29. The molecular weight excluding hydrogens is 378 g/mol. The maximum Gasteiger partial charge on any atom is 0.195 e. The largest absolute Gasteiger partial charge is 0.493 e. The number of halogens is 2. The highest BCUT2D eigenvalue weighted by Gasteiger charge is 2.23. The van der Waals surface area contributed by atoms with Crippen molar-refractivity contribution in [1.29, 1.82) is 0 Å². The van der Waals surface area contributed by atoms with Crippen molar-refractivity contribution in [3.8, 4) is 11.5 Å². The Hall–Kier alpha value is -3.03. The first-order valence-electron chi connectivity index (χ1n) is 9.43. The third kappa shape index (κ3) is 5.07. The topological polar surface area (TPSA) is 58.1 Å². The van der Waals surface area contributed by atoms with E-state index in [2.05, 4.69) is 20.5 Å². The Bertz CT molecular complexity index is 876. The van der Waals surface area contributed by atoms with E-state index in [-0.39, 0.29) is 0 Å². The van der Waals surface area contributed by atoms with Crippen molar-refractivity contribution in [2.24, 2.45) is 10.9 Å². The van der Waals surface area contributed by atoms with Gasteiger partial charge in [-0.15, -0.1) is 0 Å². The minimum Gasteiger partial charge on any atom is -0.493 e. The maximum atomic E-state index is 13.5. The molecule has 6 nitrogen and oxygen atoms in total. The van der Waals surface area contributed by atoms with Crippen molar-refractivity contribution in [1.82, 2.24) is 5.32 Å². The number of guanidine groups is 1. The summed E-state index contributed by atoms with van der Waals surface area (Å²) in [6.07, 6.45) is 0.958. The van der Waals surface area contributed by atoms with Gasteiger partial charge in [0.15, 0.2) is 29.1 Å². The Balaban J connectivity index is 1.54. The lowest BCUT2D eigenvalue weighted by atomic mass is 10.1. The van der Waals surface area contributed by atoms with Gasteiger partial charge in [0.25, 0.3) is 0 Å². The zero-order valence-corrected chi connectivity index (χ0v) is 16.8. The molecule has 1 unspecified atom stereocenters. The van der Waals surface area contributed by atoms with Gasteiger partial charge in [0, 0.05) is 50.2 Å². The summed E-state index contributed by atoms with van der Waals surface area (Å²) in [5.74, 6) is 0.658. The summed E-state index contributed by atoms with van der Waals surface area (Å²) in [7, 11) is 4.89. The molecule has 0 saturated carbocycles. The number of anilines is 2. The number of nitrogens with zero attached hydrogens (tertiary/aromatic N) is 2. The van der Waals surface area contributed by atoms with E-state index < -0.39 is 11.6 Å². The molecule has 1 atom stereocenters. The third-order valence-corrected chi connectivity index (χ3v) is 4.98. The van der Waals surface area contributed by atoms with Gasteiger partial charge >= 0.3 is 0 Å². The standard InChI is InChI=1S/C21H26F2N4O2/c1-24-21(26-15-4-7-19(28-2)20(10-15)29-3)25-12-14-8-9-27(13-14)16-5-6-17(22)18(23)11-16/h4-7,10-11,14H,8-9,12-13H2,1-3H3,(H2,24,25,26). The molecule has 0 aliphatic carbocycles. The smallest absolute Gasteiger partial charge is 0.195 e. The molecule has 156 valence electrons. The van der Waals surface area contributed by atoms with Gasteiger partial charge in [-0.25, -0.2) is 8.78 Å². The van der Waals surface area contributed by atoms with E-state index >= 15 is 0 Å². The monoisotopic (exact) mass is 404 g/mol. The molecule has 0 bridgehead atoms. The molecule has 1 aliphatic rings. The molecule has 8 heteroatoms. The van der Waals surface area contributed by atoms with E-state index in [0.29, 0.717) is 35.6 Å². The minimum absolute atomic E-state index is 0.368.